The van der Waals surface area contributed by atoms with Crippen molar-refractivity contribution in [1.82, 2.24) is 10.2 Å². The molecule has 130 valence electrons. The maximum Gasteiger partial charge on any atom is 0.410 e. The first kappa shape index (κ1) is 19.6. The van der Waals surface area contributed by atoms with Crippen LogP contribution in [-0.4, -0.2) is 43.8 Å². The van der Waals surface area contributed by atoms with E-state index in [1.807, 2.05) is 39.0 Å². The van der Waals surface area contributed by atoms with Gasteiger partial charge in [0.15, 0.2) is 0 Å². The molecule has 0 saturated heterocycles. The molecule has 0 unspecified atom stereocenters. The molecule has 0 spiro atoms. The molecule has 6 heteroatoms. The van der Waals surface area contributed by atoms with Crippen LogP contribution in [0.4, 0.5) is 4.79 Å². The number of methoxy groups -OCH3 is 1. The summed E-state index contributed by atoms with van der Waals surface area (Å²) in [5.41, 5.74) is 0.633. The standard InChI is InChI=1S/C17H27ClN2O3/c1-17(2,3)23-16(21)20(4)10-6-9-19-12-13-7-8-15(22-5)14(18)11-13/h7-8,11,19H,6,9-10,12H2,1-5H3. The first-order valence-electron chi connectivity index (χ1n) is 7.70. The van der Waals surface area contributed by atoms with Crippen molar-refractivity contribution in [3.8, 4) is 5.75 Å². The van der Waals surface area contributed by atoms with Gasteiger partial charge in [0.1, 0.15) is 11.4 Å². The number of hydrogen-bond acceptors (Lipinski definition) is 4. The summed E-state index contributed by atoms with van der Waals surface area (Å²) in [6.45, 7) is 7.75. The third-order valence-corrected chi connectivity index (χ3v) is 3.39. The topological polar surface area (TPSA) is 50.8 Å². The summed E-state index contributed by atoms with van der Waals surface area (Å²) in [5.74, 6) is 0.675. The summed E-state index contributed by atoms with van der Waals surface area (Å²) in [4.78, 5) is 13.4. The highest BCUT2D eigenvalue weighted by molar-refractivity contribution is 6.32. The number of carbonyl (C=O) groups excluding carboxylic acids is 1. The highest BCUT2D eigenvalue weighted by Crippen LogP contribution is 2.24. The van der Waals surface area contributed by atoms with Crippen molar-refractivity contribution in [2.45, 2.75) is 39.3 Å². The summed E-state index contributed by atoms with van der Waals surface area (Å²) in [7, 11) is 3.34. The van der Waals surface area contributed by atoms with Crippen LogP contribution in [0.1, 0.15) is 32.8 Å². The second-order valence-corrected chi connectivity index (χ2v) is 6.81. The predicted molar refractivity (Wildman–Crippen MR) is 93.2 cm³/mol. The summed E-state index contributed by atoms with van der Waals surface area (Å²) in [6, 6.07) is 5.72. The van der Waals surface area contributed by atoms with Crippen LogP contribution in [0.2, 0.25) is 5.02 Å². The highest BCUT2D eigenvalue weighted by Gasteiger charge is 2.18. The fourth-order valence-corrected chi connectivity index (χ4v) is 2.21. The van der Waals surface area contributed by atoms with E-state index in [0.717, 1.165) is 25.1 Å². The van der Waals surface area contributed by atoms with Crippen molar-refractivity contribution < 1.29 is 14.3 Å². The first-order chi connectivity index (χ1) is 10.7. The van der Waals surface area contributed by atoms with Gasteiger partial charge in [-0.05, 0) is 51.4 Å². The van der Waals surface area contributed by atoms with Crippen molar-refractivity contribution >= 4 is 17.7 Å². The Morgan fingerprint density at radius 2 is 2.04 bits per heavy atom. The number of nitrogens with one attached hydrogen (secondary N) is 1. The molecule has 0 heterocycles. The molecule has 5 nitrogen and oxygen atoms in total. The zero-order valence-corrected chi connectivity index (χ0v) is 15.4. The predicted octanol–water partition coefficient (Wildman–Crippen LogP) is 3.70. The largest absolute Gasteiger partial charge is 0.495 e. The number of nitrogens with zero attached hydrogens (tertiary/aromatic N) is 1. The molecule has 1 N–H and O–H groups in total. The zero-order chi connectivity index (χ0) is 17.5. The number of carbonyl (C=O) groups is 1. The van der Waals surface area contributed by atoms with Gasteiger partial charge in [0, 0.05) is 20.1 Å². The van der Waals surface area contributed by atoms with E-state index >= 15 is 0 Å². The summed E-state index contributed by atoms with van der Waals surface area (Å²) < 4.78 is 10.4. The van der Waals surface area contributed by atoms with Crippen LogP contribution in [0.5, 0.6) is 5.75 Å². The van der Waals surface area contributed by atoms with E-state index in [4.69, 9.17) is 21.1 Å². The lowest BCUT2D eigenvalue weighted by Crippen LogP contribution is -2.35. The smallest absolute Gasteiger partial charge is 0.410 e. The van der Waals surface area contributed by atoms with Gasteiger partial charge in [-0.3, -0.25) is 0 Å². The van der Waals surface area contributed by atoms with E-state index in [0.29, 0.717) is 17.3 Å². The summed E-state index contributed by atoms with van der Waals surface area (Å²) in [5, 5.41) is 3.94. The minimum absolute atomic E-state index is 0.292. The molecule has 0 saturated carbocycles. The number of amides is 1. The van der Waals surface area contributed by atoms with Crippen LogP contribution in [0.3, 0.4) is 0 Å². The lowest BCUT2D eigenvalue weighted by Gasteiger charge is -2.24. The Balaban J connectivity index is 2.25. The molecular weight excluding hydrogens is 316 g/mol. The number of halogens is 1. The molecule has 0 aliphatic carbocycles. The van der Waals surface area contributed by atoms with Gasteiger partial charge in [-0.2, -0.15) is 0 Å². The third-order valence-electron chi connectivity index (χ3n) is 3.10. The Morgan fingerprint density at radius 1 is 1.35 bits per heavy atom. The Kier molecular flexibility index (Phi) is 7.65. The van der Waals surface area contributed by atoms with Gasteiger partial charge in [-0.25, -0.2) is 4.79 Å². The first-order valence-corrected chi connectivity index (χ1v) is 8.08. The van der Waals surface area contributed by atoms with Gasteiger partial charge in [0.25, 0.3) is 0 Å². The average Bonchev–Trinajstić information content (AvgIpc) is 2.45. The molecule has 1 amide bonds. The number of ether oxygens (including phenoxy) is 2. The molecule has 0 fully saturated rings. The molecule has 0 aliphatic rings. The summed E-state index contributed by atoms with van der Waals surface area (Å²) in [6.07, 6.45) is 0.555. The van der Waals surface area contributed by atoms with Gasteiger partial charge in [0.05, 0.1) is 12.1 Å². The fourth-order valence-electron chi connectivity index (χ4n) is 1.92. The maximum atomic E-state index is 11.8. The van der Waals surface area contributed by atoms with Crippen molar-refractivity contribution in [3.63, 3.8) is 0 Å². The van der Waals surface area contributed by atoms with E-state index in [1.54, 1.807) is 19.1 Å². The minimum Gasteiger partial charge on any atom is -0.495 e. The van der Waals surface area contributed by atoms with Crippen LogP contribution in [-0.2, 0) is 11.3 Å². The van der Waals surface area contributed by atoms with Crippen LogP contribution in [0.15, 0.2) is 18.2 Å². The van der Waals surface area contributed by atoms with Gasteiger partial charge in [-0.15, -0.1) is 0 Å². The van der Waals surface area contributed by atoms with E-state index < -0.39 is 5.60 Å². The number of hydrogen-bond donors (Lipinski definition) is 1. The van der Waals surface area contributed by atoms with E-state index in [-0.39, 0.29) is 6.09 Å². The lowest BCUT2D eigenvalue weighted by molar-refractivity contribution is 0.0297. The average molecular weight is 343 g/mol. The minimum atomic E-state index is -0.461. The van der Waals surface area contributed by atoms with E-state index in [9.17, 15) is 4.79 Å². The monoisotopic (exact) mass is 342 g/mol. The second-order valence-electron chi connectivity index (χ2n) is 6.40. The molecule has 0 aliphatic heterocycles. The molecule has 1 rings (SSSR count). The van der Waals surface area contributed by atoms with Gasteiger partial charge in [-0.1, -0.05) is 17.7 Å². The van der Waals surface area contributed by atoms with E-state index in [2.05, 4.69) is 5.32 Å². The van der Waals surface area contributed by atoms with Gasteiger partial charge in [0.2, 0.25) is 0 Å². The Labute approximate surface area is 143 Å². The molecule has 1 aromatic carbocycles. The Bertz CT molecular complexity index is 515. The number of rotatable bonds is 7. The Hall–Kier alpha value is -1.46. The highest BCUT2D eigenvalue weighted by atomic mass is 35.5. The molecule has 1 aromatic rings. The molecule has 0 aromatic heterocycles. The molecule has 0 radical (unpaired) electrons. The summed E-state index contributed by atoms with van der Waals surface area (Å²) >= 11 is 6.09. The van der Waals surface area contributed by atoms with Crippen LogP contribution in [0, 0.1) is 0 Å². The fraction of sp³-hybridized carbons (Fsp3) is 0.588. The van der Waals surface area contributed by atoms with E-state index in [1.165, 1.54) is 0 Å². The van der Waals surface area contributed by atoms with Crippen LogP contribution in [0.25, 0.3) is 0 Å². The van der Waals surface area contributed by atoms with Gasteiger partial charge < -0.3 is 19.7 Å². The molecule has 0 atom stereocenters. The van der Waals surface area contributed by atoms with Crippen molar-refractivity contribution in [3.05, 3.63) is 28.8 Å². The Morgan fingerprint density at radius 3 is 2.61 bits per heavy atom. The van der Waals surface area contributed by atoms with Gasteiger partial charge >= 0.3 is 6.09 Å². The third kappa shape index (κ3) is 7.57. The molecule has 23 heavy (non-hydrogen) atoms. The maximum absolute atomic E-state index is 11.8. The van der Waals surface area contributed by atoms with Crippen LogP contribution < -0.4 is 10.1 Å². The molecule has 0 bridgehead atoms. The quantitative estimate of drug-likeness (QED) is 0.768. The normalized spacial score (nSPS) is 11.2. The second kappa shape index (κ2) is 8.99. The zero-order valence-electron chi connectivity index (χ0n) is 14.6. The molecular formula is C17H27ClN2O3. The number of benzene rings is 1. The van der Waals surface area contributed by atoms with Crippen molar-refractivity contribution in [1.29, 1.82) is 0 Å². The lowest BCUT2D eigenvalue weighted by atomic mass is 10.2. The van der Waals surface area contributed by atoms with Crippen molar-refractivity contribution in [2.75, 3.05) is 27.2 Å². The van der Waals surface area contributed by atoms with Crippen molar-refractivity contribution in [2.24, 2.45) is 0 Å². The SMILES string of the molecule is COc1ccc(CNCCCN(C)C(=O)OC(C)(C)C)cc1Cl. The van der Waals surface area contributed by atoms with Crippen LogP contribution >= 0.6 is 11.6 Å².